The lowest BCUT2D eigenvalue weighted by Gasteiger charge is -2.27. The van der Waals surface area contributed by atoms with Gasteiger partial charge in [-0.3, -0.25) is 0 Å². The van der Waals surface area contributed by atoms with Crippen molar-refractivity contribution in [2.24, 2.45) is 5.92 Å². The Morgan fingerprint density at radius 3 is 2.80 bits per heavy atom. The van der Waals surface area contributed by atoms with Crippen LogP contribution in [0, 0.1) is 12.8 Å². The van der Waals surface area contributed by atoms with Crippen LogP contribution in [0.1, 0.15) is 23.1 Å². The first-order valence-corrected chi connectivity index (χ1v) is 12.0. The van der Waals surface area contributed by atoms with Crippen molar-refractivity contribution in [3.63, 3.8) is 0 Å². The fraction of sp³-hybridized carbons (Fsp3) is 0.308. The number of nitrogens with one attached hydrogen (secondary N) is 1. The van der Waals surface area contributed by atoms with Crippen LogP contribution in [0.15, 0.2) is 47.4 Å². The highest BCUT2D eigenvalue weighted by atomic mass is 35.5. The summed E-state index contributed by atoms with van der Waals surface area (Å²) in [6.45, 7) is 2.97. The highest BCUT2D eigenvalue weighted by Gasteiger charge is 2.20. The van der Waals surface area contributed by atoms with Gasteiger partial charge in [-0.25, -0.2) is 14.3 Å². The number of halogens is 1. The second-order valence-corrected chi connectivity index (χ2v) is 9.84. The summed E-state index contributed by atoms with van der Waals surface area (Å²) < 4.78 is 1.31. The lowest BCUT2D eigenvalue weighted by molar-refractivity contribution is 0.303. The van der Waals surface area contributed by atoms with E-state index in [0.29, 0.717) is 28.0 Å². The Balaban J connectivity index is 1.44. The molecule has 1 aliphatic rings. The van der Waals surface area contributed by atoms with Gasteiger partial charge in [0.2, 0.25) is 5.95 Å². The number of para-hydroxylation sites is 1. The topological polar surface area (TPSA) is 102 Å². The van der Waals surface area contributed by atoms with Crippen LogP contribution in [0.4, 0.5) is 17.5 Å². The van der Waals surface area contributed by atoms with E-state index < -0.39 is 5.69 Å². The Hall–Kier alpha value is -3.49. The van der Waals surface area contributed by atoms with Gasteiger partial charge in [0.05, 0.1) is 16.1 Å². The molecule has 5 rings (SSSR count). The van der Waals surface area contributed by atoms with Gasteiger partial charge in [-0.15, -0.1) is 0 Å². The lowest BCUT2D eigenvalue weighted by Crippen LogP contribution is -2.26. The average molecular weight is 490 g/mol. The van der Waals surface area contributed by atoms with Crippen molar-refractivity contribution in [1.82, 2.24) is 24.4 Å². The Kier molecular flexibility index (Phi) is 6.17. The van der Waals surface area contributed by atoms with Crippen LogP contribution in [0.25, 0.3) is 16.7 Å². The average Bonchev–Trinajstić information content (AvgIpc) is 2.80. The molecule has 0 fully saturated rings. The largest absolute Gasteiger partial charge is 0.384 e. The van der Waals surface area contributed by atoms with Crippen molar-refractivity contribution in [3.05, 3.63) is 74.8 Å². The second kappa shape index (κ2) is 9.28. The summed E-state index contributed by atoms with van der Waals surface area (Å²) in [4.78, 5) is 28.2. The molecule has 0 spiro atoms. The zero-order valence-electron chi connectivity index (χ0n) is 20.0. The highest BCUT2D eigenvalue weighted by molar-refractivity contribution is 6.32. The molecule has 180 valence electrons. The predicted octanol–water partition coefficient (Wildman–Crippen LogP) is 4.13. The number of hydrogen-bond donors (Lipinski definition) is 2. The van der Waals surface area contributed by atoms with Gasteiger partial charge < -0.3 is 16.0 Å². The van der Waals surface area contributed by atoms with Gasteiger partial charge >= 0.3 is 5.69 Å². The molecule has 1 aliphatic carbocycles. The summed E-state index contributed by atoms with van der Waals surface area (Å²) in [6, 6.07) is 11.8. The van der Waals surface area contributed by atoms with E-state index in [1.807, 2.05) is 25.1 Å². The van der Waals surface area contributed by atoms with Gasteiger partial charge in [0.25, 0.3) is 0 Å². The molecule has 1 unspecified atom stereocenters. The SMILES string of the molecule is Cc1cccc(Cl)c1-n1c(N)c2cnc(Nc3ccc4c(c3)CCC(CN(C)C)C4)nc2nc1=O. The van der Waals surface area contributed by atoms with Crippen molar-refractivity contribution < 1.29 is 0 Å². The smallest absolute Gasteiger partial charge is 0.355 e. The standard InChI is InChI=1S/C26H28ClN7O/c1-15-5-4-6-21(27)22(15)34-23(28)20-13-29-25(31-24(20)32-26(34)35)30-19-10-9-17-11-16(14-33(2)3)7-8-18(17)12-19/h4-6,9-10,12-13,16H,7-8,11,14,28H2,1-3H3,(H,30,31,32,35). The number of rotatable bonds is 5. The minimum atomic E-state index is -0.545. The first-order chi connectivity index (χ1) is 16.8. The minimum absolute atomic E-state index is 0.198. The minimum Gasteiger partial charge on any atom is -0.384 e. The normalized spacial score (nSPS) is 15.4. The van der Waals surface area contributed by atoms with Gasteiger partial charge in [0.15, 0.2) is 5.65 Å². The Labute approximate surface area is 208 Å². The van der Waals surface area contributed by atoms with Crippen molar-refractivity contribution in [1.29, 1.82) is 0 Å². The van der Waals surface area contributed by atoms with Gasteiger partial charge in [0, 0.05) is 18.4 Å². The summed E-state index contributed by atoms with van der Waals surface area (Å²) in [6.07, 6.45) is 4.92. The Bertz CT molecular complexity index is 1460. The third-order valence-corrected chi connectivity index (χ3v) is 6.81. The molecular weight excluding hydrogens is 462 g/mol. The Morgan fingerprint density at radius 2 is 2.03 bits per heavy atom. The second-order valence-electron chi connectivity index (χ2n) is 9.43. The maximum atomic E-state index is 12.9. The van der Waals surface area contributed by atoms with Crippen LogP contribution in [0.2, 0.25) is 5.02 Å². The van der Waals surface area contributed by atoms with Crippen LogP contribution in [-0.4, -0.2) is 45.1 Å². The number of nitrogens with zero attached hydrogens (tertiary/aromatic N) is 5. The monoisotopic (exact) mass is 489 g/mol. The fourth-order valence-electron chi connectivity index (χ4n) is 4.90. The van der Waals surface area contributed by atoms with E-state index in [4.69, 9.17) is 17.3 Å². The molecule has 8 nitrogen and oxygen atoms in total. The van der Waals surface area contributed by atoms with Gasteiger partial charge in [-0.1, -0.05) is 29.8 Å². The van der Waals surface area contributed by atoms with Crippen molar-refractivity contribution in [2.75, 3.05) is 31.7 Å². The molecule has 3 N–H and O–H groups in total. The maximum absolute atomic E-state index is 12.9. The van der Waals surface area contributed by atoms with E-state index in [0.717, 1.165) is 30.6 Å². The molecule has 9 heteroatoms. The number of nitrogen functional groups attached to an aromatic ring is 1. The molecule has 0 amide bonds. The molecule has 0 saturated heterocycles. The highest BCUT2D eigenvalue weighted by Crippen LogP contribution is 2.30. The van der Waals surface area contributed by atoms with Crippen molar-refractivity contribution in [3.8, 4) is 5.69 Å². The number of benzene rings is 2. The number of hydrogen-bond acceptors (Lipinski definition) is 7. The molecule has 35 heavy (non-hydrogen) atoms. The molecule has 0 saturated carbocycles. The van der Waals surface area contributed by atoms with Gasteiger partial charge in [-0.2, -0.15) is 9.97 Å². The van der Waals surface area contributed by atoms with Crippen molar-refractivity contribution in [2.45, 2.75) is 26.2 Å². The maximum Gasteiger partial charge on any atom is 0.355 e. The molecule has 0 radical (unpaired) electrons. The first kappa shape index (κ1) is 23.3. The van der Waals surface area contributed by atoms with Crippen LogP contribution >= 0.6 is 11.6 Å². The molecule has 2 aromatic carbocycles. The molecule has 0 bridgehead atoms. The predicted molar refractivity (Wildman–Crippen MR) is 141 cm³/mol. The number of anilines is 3. The first-order valence-electron chi connectivity index (χ1n) is 11.6. The van der Waals surface area contributed by atoms with E-state index in [9.17, 15) is 4.79 Å². The zero-order chi connectivity index (χ0) is 24.7. The molecule has 4 aromatic rings. The molecule has 2 aromatic heterocycles. The Morgan fingerprint density at radius 1 is 1.20 bits per heavy atom. The number of aromatic nitrogens is 4. The van der Waals surface area contributed by atoms with E-state index >= 15 is 0 Å². The number of fused-ring (bicyclic) bond motifs is 2. The summed E-state index contributed by atoms with van der Waals surface area (Å²) in [5, 5.41) is 4.15. The van der Waals surface area contributed by atoms with Gasteiger partial charge in [-0.05, 0) is 81.1 Å². The van der Waals surface area contributed by atoms with Crippen LogP contribution in [0.3, 0.4) is 0 Å². The third kappa shape index (κ3) is 4.59. The van der Waals surface area contributed by atoms with Crippen LogP contribution in [0.5, 0.6) is 0 Å². The van der Waals surface area contributed by atoms with Crippen molar-refractivity contribution >= 4 is 40.1 Å². The summed E-state index contributed by atoms with van der Waals surface area (Å²) in [5.41, 5.74) is 11.0. The lowest BCUT2D eigenvalue weighted by atomic mass is 9.83. The summed E-state index contributed by atoms with van der Waals surface area (Å²) >= 11 is 6.37. The quantitative estimate of drug-likeness (QED) is 0.434. The summed E-state index contributed by atoms with van der Waals surface area (Å²) in [5.74, 6) is 1.25. The van der Waals surface area contributed by atoms with Crippen LogP contribution in [-0.2, 0) is 12.8 Å². The molecular formula is C26H28ClN7O. The molecule has 1 atom stereocenters. The summed E-state index contributed by atoms with van der Waals surface area (Å²) in [7, 11) is 4.25. The van der Waals surface area contributed by atoms with E-state index in [2.05, 4.69) is 51.4 Å². The van der Waals surface area contributed by atoms with E-state index in [-0.39, 0.29) is 11.5 Å². The molecule has 2 heterocycles. The zero-order valence-corrected chi connectivity index (χ0v) is 20.8. The number of aryl methyl sites for hydroxylation is 2. The van der Waals surface area contributed by atoms with Crippen LogP contribution < -0.4 is 16.7 Å². The van der Waals surface area contributed by atoms with Gasteiger partial charge in [0.1, 0.15) is 5.82 Å². The number of nitrogens with two attached hydrogens (primary N) is 1. The fourth-order valence-corrected chi connectivity index (χ4v) is 5.20. The van der Waals surface area contributed by atoms with E-state index in [1.165, 1.54) is 22.1 Å². The van der Waals surface area contributed by atoms with E-state index in [1.54, 1.807) is 12.3 Å². The molecule has 0 aliphatic heterocycles. The third-order valence-electron chi connectivity index (χ3n) is 6.51.